The van der Waals surface area contributed by atoms with Gasteiger partial charge in [0.1, 0.15) is 0 Å². The second kappa shape index (κ2) is 16.3. The number of rotatable bonds is 12. The van der Waals surface area contributed by atoms with Gasteiger partial charge in [-0.1, -0.05) is 61.8 Å². The van der Waals surface area contributed by atoms with Crippen molar-refractivity contribution < 1.29 is 36.1 Å². The van der Waals surface area contributed by atoms with E-state index in [0.29, 0.717) is 11.8 Å². The maximum atomic E-state index is 10.5. The van der Waals surface area contributed by atoms with Gasteiger partial charge in [-0.05, 0) is 32.1 Å². The van der Waals surface area contributed by atoms with Gasteiger partial charge >= 0.3 is 5.97 Å². The van der Waals surface area contributed by atoms with Gasteiger partial charge in [-0.3, -0.25) is 4.79 Å². The van der Waals surface area contributed by atoms with Crippen LogP contribution in [0.2, 0.25) is 0 Å². The molecule has 0 radical (unpaired) electrons. The van der Waals surface area contributed by atoms with E-state index < -0.39 is 12.1 Å². The van der Waals surface area contributed by atoms with Crippen LogP contribution in [0.25, 0.3) is 0 Å². The first-order valence-corrected chi connectivity index (χ1v) is 9.50. The summed E-state index contributed by atoms with van der Waals surface area (Å²) in [5, 5.41) is 18.4. The zero-order chi connectivity index (χ0) is 18.3. The summed E-state index contributed by atoms with van der Waals surface area (Å²) in [4.78, 5) is 10.5. The largest absolute Gasteiger partial charge is 0.481 e. The Balaban J connectivity index is 0.00000625. The Hall–Kier alpha value is -0.922. The molecule has 26 heavy (non-hydrogen) atoms. The van der Waals surface area contributed by atoms with E-state index in [1.54, 1.807) is 6.08 Å². The van der Waals surface area contributed by atoms with E-state index in [9.17, 15) is 9.90 Å². The molecular weight excluding hydrogens is 408 g/mol. The number of hydrogen-bond acceptors (Lipinski definition) is 2. The molecule has 4 heteroatoms. The molecule has 0 aliphatic heterocycles. The summed E-state index contributed by atoms with van der Waals surface area (Å²) in [7, 11) is 0. The minimum atomic E-state index is -0.863. The first-order chi connectivity index (χ1) is 12.1. The Morgan fingerprint density at radius 3 is 2.46 bits per heavy atom. The third-order valence-corrected chi connectivity index (χ3v) is 4.45. The molecule has 2 N–H and O–H groups in total. The van der Waals surface area contributed by atoms with Crippen molar-refractivity contribution in [3.05, 3.63) is 55.0 Å². The first kappa shape index (κ1) is 25.1. The van der Waals surface area contributed by atoms with Crippen molar-refractivity contribution in [3.63, 3.8) is 0 Å². The summed E-state index contributed by atoms with van der Waals surface area (Å²) in [6, 6.07) is 0. The summed E-state index contributed by atoms with van der Waals surface area (Å²) in [6.07, 6.45) is 25.4. The van der Waals surface area contributed by atoms with Crippen LogP contribution in [0.15, 0.2) is 48.6 Å². The molecule has 0 unspecified atom stereocenters. The number of allylic oxidation sites excluding steroid dienone is 7. The van der Waals surface area contributed by atoms with Crippen molar-refractivity contribution >= 4 is 5.97 Å². The Morgan fingerprint density at radius 2 is 1.81 bits per heavy atom. The van der Waals surface area contributed by atoms with Crippen LogP contribution in [-0.4, -0.2) is 22.3 Å². The van der Waals surface area contributed by atoms with Gasteiger partial charge in [-0.2, -0.15) is 6.42 Å². The van der Waals surface area contributed by atoms with Crippen LogP contribution in [-0.2, 0) is 25.9 Å². The van der Waals surface area contributed by atoms with Gasteiger partial charge in [0, 0.05) is 27.5 Å². The molecule has 0 saturated heterocycles. The van der Waals surface area contributed by atoms with Crippen molar-refractivity contribution in [2.75, 3.05) is 0 Å². The standard InChI is InChI=1S/C22H33O3.Mo/c1-2-3-4-5-6-7-8-9-10-12-19-13-11-14-20(19)15-16-21(23)17-18-22(24)25;/h3-4,6-7,9-10,14-16,19-21,23H,2,5,8,11-13,17-18H2,1H3,(H,24,25);/q-1;/b4-3-,7-6-,10-9-,16-15+;/t19-,20-,21-;/m0./s1. The molecule has 0 aromatic carbocycles. The molecule has 1 saturated carbocycles. The third-order valence-electron chi connectivity index (χ3n) is 4.45. The van der Waals surface area contributed by atoms with Gasteiger partial charge in [-0.15, -0.1) is 12.0 Å². The molecule has 0 bridgehead atoms. The van der Waals surface area contributed by atoms with Crippen molar-refractivity contribution in [1.82, 2.24) is 0 Å². The molecule has 0 spiro atoms. The van der Waals surface area contributed by atoms with Gasteiger partial charge in [0.15, 0.2) is 0 Å². The molecule has 1 aliphatic carbocycles. The van der Waals surface area contributed by atoms with Crippen molar-refractivity contribution in [3.8, 4) is 0 Å². The summed E-state index contributed by atoms with van der Waals surface area (Å²) in [5.74, 6) is 0.118. The number of aliphatic hydroxyl groups is 1. The maximum absolute atomic E-state index is 10.5. The van der Waals surface area contributed by atoms with E-state index in [4.69, 9.17) is 5.11 Å². The quantitative estimate of drug-likeness (QED) is 0.247. The monoisotopic (exact) mass is 443 g/mol. The zero-order valence-corrected chi connectivity index (χ0v) is 17.8. The summed E-state index contributed by atoms with van der Waals surface area (Å²) < 4.78 is 0. The number of hydrogen-bond donors (Lipinski definition) is 2. The number of carboxylic acid groups (broad SMARTS) is 1. The molecular formula is C22H33MoO3-. The van der Waals surface area contributed by atoms with Crippen LogP contribution in [0.4, 0.5) is 0 Å². The molecule has 3 atom stereocenters. The fourth-order valence-corrected chi connectivity index (χ4v) is 3.00. The summed E-state index contributed by atoms with van der Waals surface area (Å²) in [6.45, 7) is 2.14. The SMILES string of the molecule is CC/C=C\C/C=C\C/C=C\C[C@H]1CC[CH-][C@H]1/C=C/[C@H](O)CCC(=O)O.[Mo]. The van der Waals surface area contributed by atoms with Crippen LogP contribution >= 0.6 is 0 Å². The van der Waals surface area contributed by atoms with Crippen molar-refractivity contribution in [1.29, 1.82) is 0 Å². The normalized spacial score (nSPS) is 21.9. The van der Waals surface area contributed by atoms with Gasteiger partial charge in [0.2, 0.25) is 0 Å². The molecule has 0 aromatic rings. The second-order valence-corrected chi connectivity index (χ2v) is 6.56. The van der Waals surface area contributed by atoms with Crippen LogP contribution in [0.1, 0.15) is 58.3 Å². The third kappa shape index (κ3) is 12.4. The molecule has 0 amide bonds. The van der Waals surface area contributed by atoms with E-state index in [1.807, 2.05) is 0 Å². The zero-order valence-electron chi connectivity index (χ0n) is 15.8. The smallest absolute Gasteiger partial charge is 0.303 e. The molecule has 1 fully saturated rings. The maximum Gasteiger partial charge on any atom is 0.303 e. The number of carboxylic acids is 1. The molecule has 3 nitrogen and oxygen atoms in total. The predicted molar refractivity (Wildman–Crippen MR) is 104 cm³/mol. The Kier molecular flexibility index (Phi) is 15.7. The van der Waals surface area contributed by atoms with E-state index in [0.717, 1.165) is 32.1 Å². The van der Waals surface area contributed by atoms with Crippen LogP contribution < -0.4 is 0 Å². The van der Waals surface area contributed by atoms with Gasteiger partial charge in [0.05, 0.1) is 6.10 Å². The van der Waals surface area contributed by atoms with E-state index in [-0.39, 0.29) is 33.9 Å². The van der Waals surface area contributed by atoms with E-state index in [2.05, 4.69) is 55.9 Å². The van der Waals surface area contributed by atoms with Crippen LogP contribution in [0.5, 0.6) is 0 Å². The number of aliphatic carboxylic acids is 1. The van der Waals surface area contributed by atoms with Gasteiger partial charge in [0.25, 0.3) is 0 Å². The summed E-state index contributed by atoms with van der Waals surface area (Å²) in [5.41, 5.74) is 0. The molecule has 1 rings (SSSR count). The van der Waals surface area contributed by atoms with Crippen LogP contribution in [0, 0.1) is 18.3 Å². The van der Waals surface area contributed by atoms with Gasteiger partial charge < -0.3 is 16.6 Å². The first-order valence-electron chi connectivity index (χ1n) is 9.50. The topological polar surface area (TPSA) is 57.5 Å². The van der Waals surface area contributed by atoms with E-state index >= 15 is 0 Å². The molecule has 0 heterocycles. The predicted octanol–water partition coefficient (Wildman–Crippen LogP) is 5.25. The average Bonchev–Trinajstić information content (AvgIpc) is 3.04. The van der Waals surface area contributed by atoms with E-state index in [1.165, 1.54) is 6.42 Å². The molecule has 0 aromatic heterocycles. The Bertz CT molecular complexity index is 480. The number of aliphatic hydroxyl groups excluding tert-OH is 1. The fraction of sp³-hybridized carbons (Fsp3) is 0.545. The minimum absolute atomic E-state index is 0. The minimum Gasteiger partial charge on any atom is -0.481 e. The molecule has 146 valence electrons. The van der Waals surface area contributed by atoms with Crippen LogP contribution in [0.3, 0.4) is 0 Å². The summed E-state index contributed by atoms with van der Waals surface area (Å²) >= 11 is 0. The van der Waals surface area contributed by atoms with Crippen molar-refractivity contribution in [2.24, 2.45) is 11.8 Å². The second-order valence-electron chi connectivity index (χ2n) is 6.56. The fourth-order valence-electron chi connectivity index (χ4n) is 3.00. The Morgan fingerprint density at radius 1 is 1.15 bits per heavy atom. The van der Waals surface area contributed by atoms with Gasteiger partial charge in [-0.25, -0.2) is 0 Å². The Labute approximate surface area is 173 Å². The number of carbonyl (C=O) groups is 1. The average molecular weight is 441 g/mol. The van der Waals surface area contributed by atoms with Crippen molar-refractivity contribution in [2.45, 2.75) is 64.4 Å². The molecule has 1 aliphatic rings.